The quantitative estimate of drug-likeness (QED) is 0.455. The molecule has 7 heteroatoms. The van der Waals surface area contributed by atoms with Crippen molar-refractivity contribution in [2.75, 3.05) is 21.3 Å². The van der Waals surface area contributed by atoms with Crippen LogP contribution < -0.4 is 14.2 Å². The van der Waals surface area contributed by atoms with E-state index in [1.165, 1.54) is 27.4 Å². The van der Waals surface area contributed by atoms with E-state index in [1.807, 2.05) is 0 Å². The third-order valence-corrected chi connectivity index (χ3v) is 5.61. The number of hydrogen-bond donors (Lipinski definition) is 1. The summed E-state index contributed by atoms with van der Waals surface area (Å²) in [5.74, 6) is 1.05. The van der Waals surface area contributed by atoms with Gasteiger partial charge in [0, 0.05) is 17.5 Å². The lowest BCUT2D eigenvalue weighted by atomic mass is 9.92. The predicted octanol–water partition coefficient (Wildman–Crippen LogP) is 5.09. The number of aromatic nitrogens is 1. The number of nitrogens with zero attached hydrogens (tertiary/aromatic N) is 1. The van der Waals surface area contributed by atoms with Crippen LogP contribution in [0.4, 0.5) is 4.39 Å². The highest BCUT2D eigenvalue weighted by Gasteiger charge is 2.27. The summed E-state index contributed by atoms with van der Waals surface area (Å²) in [6, 6.07) is 13.0. The van der Waals surface area contributed by atoms with Crippen molar-refractivity contribution < 1.29 is 28.5 Å². The average molecular weight is 454 g/mol. The fourth-order valence-corrected chi connectivity index (χ4v) is 3.55. The number of ketones is 1. The molecule has 1 atom stereocenters. The van der Waals surface area contributed by atoms with E-state index in [1.54, 1.807) is 56.3 Å². The van der Waals surface area contributed by atoms with Crippen molar-refractivity contribution in [1.82, 2.24) is 4.98 Å². The molecule has 1 heterocycles. The molecule has 6 nitrogen and oxygen atoms in total. The van der Waals surface area contributed by atoms with Crippen molar-refractivity contribution in [3.05, 3.63) is 71.2 Å². The predicted molar refractivity (Wildman–Crippen MR) is 124 cm³/mol. The first-order valence-corrected chi connectivity index (χ1v) is 10.5. The maximum atomic E-state index is 13.7. The Morgan fingerprint density at radius 2 is 1.64 bits per heavy atom. The largest absolute Gasteiger partial charge is 0.494 e. The maximum Gasteiger partial charge on any atom is 0.163 e. The van der Waals surface area contributed by atoms with Gasteiger partial charge in [-0.05, 0) is 74.4 Å². The van der Waals surface area contributed by atoms with Gasteiger partial charge in [-0.2, -0.15) is 0 Å². The first-order valence-electron chi connectivity index (χ1n) is 10.5. The summed E-state index contributed by atoms with van der Waals surface area (Å²) in [6.07, 6.45) is 0.253. The fraction of sp³-hybridized carbons (Fsp3) is 0.308. The van der Waals surface area contributed by atoms with E-state index in [9.17, 15) is 14.3 Å². The highest BCUT2D eigenvalue weighted by atomic mass is 19.1. The zero-order valence-electron chi connectivity index (χ0n) is 19.4. The molecule has 0 aliphatic heterocycles. The number of rotatable bonds is 9. The standard InChI is InChI=1S/C26H28FNO5/c1-16-14-18(6-8-19(16)27)25-22(32-4)10-11-24(28-25)26(2,30)13-12-20(29)17-7-9-21(31-3)23(15-17)33-5/h6-11,14-15,30H,12-13H2,1-5H3. The molecule has 0 aliphatic rings. The third-order valence-electron chi connectivity index (χ3n) is 5.61. The van der Waals surface area contributed by atoms with E-state index in [-0.39, 0.29) is 24.4 Å². The summed E-state index contributed by atoms with van der Waals surface area (Å²) in [5.41, 5.74) is 1.12. The van der Waals surface area contributed by atoms with E-state index in [0.29, 0.717) is 45.3 Å². The minimum atomic E-state index is -1.37. The van der Waals surface area contributed by atoms with Gasteiger partial charge >= 0.3 is 0 Å². The smallest absolute Gasteiger partial charge is 0.163 e. The highest BCUT2D eigenvalue weighted by molar-refractivity contribution is 5.96. The van der Waals surface area contributed by atoms with E-state index >= 15 is 0 Å². The van der Waals surface area contributed by atoms with Crippen LogP contribution in [-0.2, 0) is 5.60 Å². The zero-order valence-corrected chi connectivity index (χ0v) is 19.4. The number of aliphatic hydroxyl groups is 1. The number of Topliss-reactive ketones (excluding diaryl/α,β-unsaturated/α-hetero) is 1. The second-order valence-electron chi connectivity index (χ2n) is 7.98. The molecule has 1 N–H and O–H groups in total. The second-order valence-corrected chi connectivity index (χ2v) is 7.98. The van der Waals surface area contributed by atoms with Crippen molar-refractivity contribution >= 4 is 5.78 Å². The highest BCUT2D eigenvalue weighted by Crippen LogP contribution is 2.34. The normalized spacial score (nSPS) is 12.7. The van der Waals surface area contributed by atoms with E-state index < -0.39 is 5.60 Å². The van der Waals surface area contributed by atoms with Gasteiger partial charge in [0.05, 0.1) is 27.0 Å². The fourth-order valence-electron chi connectivity index (χ4n) is 3.55. The van der Waals surface area contributed by atoms with Gasteiger partial charge in [-0.25, -0.2) is 9.37 Å². The summed E-state index contributed by atoms with van der Waals surface area (Å²) < 4.78 is 29.6. The van der Waals surface area contributed by atoms with Crippen molar-refractivity contribution in [1.29, 1.82) is 0 Å². The lowest BCUT2D eigenvalue weighted by molar-refractivity contribution is 0.0397. The van der Waals surface area contributed by atoms with Crippen LogP contribution >= 0.6 is 0 Å². The zero-order chi connectivity index (χ0) is 24.2. The number of ether oxygens (including phenoxy) is 3. The number of benzene rings is 2. The van der Waals surface area contributed by atoms with Crippen LogP contribution in [0.1, 0.15) is 41.4 Å². The molecule has 1 unspecified atom stereocenters. The van der Waals surface area contributed by atoms with Gasteiger partial charge in [-0.3, -0.25) is 4.79 Å². The molecule has 3 aromatic rings. The van der Waals surface area contributed by atoms with Gasteiger partial charge in [0.2, 0.25) is 0 Å². The Morgan fingerprint density at radius 3 is 2.27 bits per heavy atom. The molecule has 0 saturated heterocycles. The van der Waals surface area contributed by atoms with Crippen molar-refractivity contribution in [3.63, 3.8) is 0 Å². The molecule has 0 aliphatic carbocycles. The van der Waals surface area contributed by atoms with Gasteiger partial charge in [0.25, 0.3) is 0 Å². The van der Waals surface area contributed by atoms with Crippen LogP contribution in [0.5, 0.6) is 17.2 Å². The van der Waals surface area contributed by atoms with Crippen LogP contribution in [0.15, 0.2) is 48.5 Å². The number of pyridine rings is 1. The number of aryl methyl sites for hydroxylation is 1. The third kappa shape index (κ3) is 5.31. The number of halogens is 1. The molecular weight excluding hydrogens is 425 g/mol. The molecule has 174 valence electrons. The minimum Gasteiger partial charge on any atom is -0.494 e. The van der Waals surface area contributed by atoms with Gasteiger partial charge < -0.3 is 19.3 Å². The van der Waals surface area contributed by atoms with Gasteiger partial charge in [-0.15, -0.1) is 0 Å². The van der Waals surface area contributed by atoms with Crippen LogP contribution in [0.25, 0.3) is 11.3 Å². The number of carbonyl (C=O) groups is 1. The molecular formula is C26H28FNO5. The number of methoxy groups -OCH3 is 3. The molecule has 0 bridgehead atoms. The Balaban J connectivity index is 1.84. The molecule has 2 aromatic carbocycles. The lowest BCUT2D eigenvalue weighted by Crippen LogP contribution is -2.24. The molecule has 0 fully saturated rings. The van der Waals surface area contributed by atoms with Crippen LogP contribution in [0.3, 0.4) is 0 Å². The summed E-state index contributed by atoms with van der Waals surface area (Å²) in [5, 5.41) is 11.1. The average Bonchev–Trinajstić information content (AvgIpc) is 2.83. The maximum absolute atomic E-state index is 13.7. The molecule has 33 heavy (non-hydrogen) atoms. The topological polar surface area (TPSA) is 77.9 Å². The van der Waals surface area contributed by atoms with E-state index in [4.69, 9.17) is 14.2 Å². The number of carbonyl (C=O) groups excluding carboxylic acids is 1. The van der Waals surface area contributed by atoms with Gasteiger partial charge in [0.15, 0.2) is 17.3 Å². The molecule has 3 rings (SSSR count). The van der Waals surface area contributed by atoms with E-state index in [0.717, 1.165) is 0 Å². The lowest BCUT2D eigenvalue weighted by Gasteiger charge is -2.24. The summed E-state index contributed by atoms with van der Waals surface area (Å²) >= 11 is 0. The van der Waals surface area contributed by atoms with Crippen LogP contribution in [-0.4, -0.2) is 37.2 Å². The van der Waals surface area contributed by atoms with Gasteiger partial charge in [0.1, 0.15) is 22.9 Å². The van der Waals surface area contributed by atoms with Crippen LogP contribution in [0.2, 0.25) is 0 Å². The van der Waals surface area contributed by atoms with Crippen LogP contribution in [0, 0.1) is 12.7 Å². The first kappa shape index (κ1) is 24.2. The molecule has 0 radical (unpaired) electrons. The second kappa shape index (κ2) is 10.0. The number of hydrogen-bond acceptors (Lipinski definition) is 6. The summed E-state index contributed by atoms with van der Waals surface area (Å²) in [4.78, 5) is 17.4. The van der Waals surface area contributed by atoms with Crippen molar-refractivity contribution in [2.45, 2.75) is 32.3 Å². The van der Waals surface area contributed by atoms with Crippen molar-refractivity contribution in [2.24, 2.45) is 0 Å². The Bertz CT molecular complexity index is 1160. The monoisotopic (exact) mass is 453 g/mol. The summed E-state index contributed by atoms with van der Waals surface area (Å²) in [7, 11) is 4.56. The minimum absolute atomic E-state index is 0.0984. The van der Waals surface area contributed by atoms with E-state index in [2.05, 4.69) is 4.98 Å². The SMILES string of the molecule is COc1ccc(C(=O)CCC(C)(O)c2ccc(OC)c(-c3ccc(F)c(C)c3)n2)cc1OC. The molecule has 1 aromatic heterocycles. The van der Waals surface area contributed by atoms with Gasteiger partial charge in [-0.1, -0.05) is 0 Å². The molecule has 0 amide bonds. The first-order chi connectivity index (χ1) is 15.7. The Kier molecular flexibility index (Phi) is 7.33. The Morgan fingerprint density at radius 1 is 0.970 bits per heavy atom. The Labute approximate surface area is 193 Å². The summed E-state index contributed by atoms with van der Waals surface area (Å²) in [6.45, 7) is 3.29. The van der Waals surface area contributed by atoms with Crippen molar-refractivity contribution in [3.8, 4) is 28.5 Å². The molecule has 0 saturated carbocycles. The molecule has 0 spiro atoms. The Hall–Kier alpha value is -3.45.